The fourth-order valence-electron chi connectivity index (χ4n) is 3.57. The molecule has 1 fully saturated rings. The van der Waals surface area contributed by atoms with E-state index in [1.807, 2.05) is 42.5 Å². The highest BCUT2D eigenvalue weighted by Gasteiger charge is 2.25. The predicted molar refractivity (Wildman–Crippen MR) is 123 cm³/mol. The molecule has 1 aliphatic heterocycles. The zero-order valence-corrected chi connectivity index (χ0v) is 18.4. The number of rotatable bonds is 6. The molecule has 0 atom stereocenters. The number of nitrogens with zero attached hydrogens (tertiary/aromatic N) is 3. The van der Waals surface area contributed by atoms with Crippen LogP contribution in [0.25, 0.3) is 0 Å². The summed E-state index contributed by atoms with van der Waals surface area (Å²) in [6.07, 6.45) is 1.90. The number of halogens is 1. The molecule has 1 aromatic heterocycles. The van der Waals surface area contributed by atoms with Crippen LogP contribution in [-0.4, -0.2) is 52.8 Å². The number of piperazine rings is 1. The van der Waals surface area contributed by atoms with Crippen LogP contribution in [0, 0.1) is 0 Å². The second kappa shape index (κ2) is 10.3. The number of ether oxygens (including phenoxy) is 1. The number of aromatic nitrogens is 1. The average Bonchev–Trinajstić information content (AvgIpc) is 2.85. The highest BCUT2D eigenvalue weighted by Crippen LogP contribution is 2.17. The Balaban J connectivity index is 1.26. The smallest absolute Gasteiger partial charge is 0.253 e. The summed E-state index contributed by atoms with van der Waals surface area (Å²) in [6, 6.07) is 20.6. The summed E-state index contributed by atoms with van der Waals surface area (Å²) in [7, 11) is 0. The molecule has 6 nitrogen and oxygen atoms in total. The van der Waals surface area contributed by atoms with E-state index in [2.05, 4.69) is 4.98 Å². The maximum Gasteiger partial charge on any atom is 0.253 e. The van der Waals surface area contributed by atoms with Crippen LogP contribution in [0.15, 0.2) is 72.9 Å². The van der Waals surface area contributed by atoms with Crippen molar-refractivity contribution in [2.45, 2.75) is 13.0 Å². The van der Waals surface area contributed by atoms with E-state index in [-0.39, 0.29) is 18.2 Å². The minimum absolute atomic E-state index is 0.0288. The van der Waals surface area contributed by atoms with Gasteiger partial charge in [-0.2, -0.15) is 0 Å². The lowest BCUT2D eigenvalue weighted by Gasteiger charge is -2.35. The monoisotopic (exact) mass is 449 g/mol. The van der Waals surface area contributed by atoms with Crippen molar-refractivity contribution in [3.63, 3.8) is 0 Å². The Bertz CT molecular complexity index is 1050. The highest BCUT2D eigenvalue weighted by atomic mass is 35.5. The van der Waals surface area contributed by atoms with Crippen molar-refractivity contribution in [1.29, 1.82) is 0 Å². The van der Waals surface area contributed by atoms with Crippen LogP contribution in [0.4, 0.5) is 0 Å². The summed E-state index contributed by atoms with van der Waals surface area (Å²) in [5.74, 6) is 0.715. The lowest BCUT2D eigenvalue weighted by Crippen LogP contribution is -2.51. The summed E-state index contributed by atoms with van der Waals surface area (Å²) >= 11 is 5.79. The van der Waals surface area contributed by atoms with Gasteiger partial charge < -0.3 is 14.5 Å². The summed E-state index contributed by atoms with van der Waals surface area (Å²) in [6.45, 7) is 2.54. The van der Waals surface area contributed by atoms with E-state index in [0.29, 0.717) is 43.5 Å². The quantitative estimate of drug-likeness (QED) is 0.536. The first-order valence-electron chi connectivity index (χ1n) is 10.5. The van der Waals surface area contributed by atoms with Gasteiger partial charge in [0.05, 0.1) is 6.42 Å². The van der Waals surface area contributed by atoms with Gasteiger partial charge in [-0.25, -0.2) is 4.98 Å². The van der Waals surface area contributed by atoms with Gasteiger partial charge in [-0.3, -0.25) is 9.59 Å². The summed E-state index contributed by atoms with van der Waals surface area (Å²) < 4.78 is 5.79. The molecule has 0 unspecified atom stereocenters. The van der Waals surface area contributed by atoms with Gasteiger partial charge in [0.2, 0.25) is 5.91 Å². The Morgan fingerprint density at radius 1 is 0.844 bits per heavy atom. The van der Waals surface area contributed by atoms with E-state index in [9.17, 15) is 9.59 Å². The van der Waals surface area contributed by atoms with E-state index in [1.165, 1.54) is 0 Å². The molecule has 3 aromatic rings. The van der Waals surface area contributed by atoms with Gasteiger partial charge in [0.25, 0.3) is 5.91 Å². The third-order valence-electron chi connectivity index (χ3n) is 5.41. The van der Waals surface area contributed by atoms with Crippen molar-refractivity contribution in [1.82, 2.24) is 14.8 Å². The molecule has 32 heavy (non-hydrogen) atoms. The standard InChI is InChI=1S/C25H24ClN3O3/c26-23-11-6-20(17-27-23)16-24(30)28-12-14-29(15-13-28)25(31)21-7-9-22(10-8-21)32-18-19-4-2-1-3-5-19/h1-11,17H,12-16,18H2. The van der Waals surface area contributed by atoms with Crippen LogP contribution in [0.3, 0.4) is 0 Å². The first kappa shape index (κ1) is 21.8. The fourth-order valence-corrected chi connectivity index (χ4v) is 3.69. The predicted octanol–water partition coefficient (Wildman–Crippen LogP) is 3.84. The number of carbonyl (C=O) groups is 2. The molecule has 0 N–H and O–H groups in total. The van der Waals surface area contributed by atoms with E-state index < -0.39 is 0 Å². The SMILES string of the molecule is O=C(Cc1ccc(Cl)nc1)N1CCN(C(=O)c2ccc(OCc3ccccc3)cc2)CC1. The zero-order chi connectivity index (χ0) is 22.3. The second-order valence-corrected chi connectivity index (χ2v) is 8.02. The maximum atomic E-state index is 12.9. The fraction of sp³-hybridized carbons (Fsp3) is 0.240. The molecule has 2 heterocycles. The van der Waals surface area contributed by atoms with Gasteiger partial charge in [-0.1, -0.05) is 48.0 Å². The number of benzene rings is 2. The van der Waals surface area contributed by atoms with Crippen molar-refractivity contribution >= 4 is 23.4 Å². The minimum atomic E-state index is -0.0337. The molecule has 0 saturated carbocycles. The zero-order valence-electron chi connectivity index (χ0n) is 17.6. The van der Waals surface area contributed by atoms with E-state index in [4.69, 9.17) is 16.3 Å². The molecule has 0 aliphatic carbocycles. The van der Waals surface area contributed by atoms with Gasteiger partial charge in [0.1, 0.15) is 17.5 Å². The van der Waals surface area contributed by atoms with Crippen molar-refractivity contribution in [2.75, 3.05) is 26.2 Å². The number of carbonyl (C=O) groups excluding carboxylic acids is 2. The Kier molecular flexibility index (Phi) is 7.02. The molecule has 2 aromatic carbocycles. The van der Waals surface area contributed by atoms with Gasteiger partial charge in [-0.05, 0) is 41.5 Å². The van der Waals surface area contributed by atoms with Crippen LogP contribution >= 0.6 is 11.6 Å². The van der Waals surface area contributed by atoms with Gasteiger partial charge >= 0.3 is 0 Å². The van der Waals surface area contributed by atoms with Crippen LogP contribution in [-0.2, 0) is 17.8 Å². The average molecular weight is 450 g/mol. The number of pyridine rings is 1. The van der Waals surface area contributed by atoms with E-state index in [1.54, 1.807) is 40.3 Å². The molecule has 4 rings (SSSR count). The van der Waals surface area contributed by atoms with Crippen molar-refractivity contribution in [3.05, 3.63) is 94.8 Å². The molecular formula is C25H24ClN3O3. The summed E-state index contributed by atoms with van der Waals surface area (Å²) in [5.41, 5.74) is 2.53. The van der Waals surface area contributed by atoms with Gasteiger partial charge in [-0.15, -0.1) is 0 Å². The lowest BCUT2D eigenvalue weighted by molar-refractivity contribution is -0.131. The van der Waals surface area contributed by atoms with E-state index in [0.717, 1.165) is 16.9 Å². The van der Waals surface area contributed by atoms with E-state index >= 15 is 0 Å². The van der Waals surface area contributed by atoms with Crippen LogP contribution in [0.2, 0.25) is 5.15 Å². The Labute approximate surface area is 192 Å². The first-order valence-corrected chi connectivity index (χ1v) is 10.9. The van der Waals surface area contributed by atoms with Gasteiger partial charge in [0, 0.05) is 37.9 Å². The normalized spacial score (nSPS) is 13.7. The molecule has 2 amide bonds. The molecule has 1 aliphatic rings. The third-order valence-corrected chi connectivity index (χ3v) is 5.64. The number of hydrogen-bond acceptors (Lipinski definition) is 4. The summed E-state index contributed by atoms with van der Waals surface area (Å²) in [4.78, 5) is 33.0. The highest BCUT2D eigenvalue weighted by molar-refractivity contribution is 6.29. The molecule has 0 bridgehead atoms. The number of amides is 2. The second-order valence-electron chi connectivity index (χ2n) is 7.64. The van der Waals surface area contributed by atoms with Crippen molar-refractivity contribution < 1.29 is 14.3 Å². The Morgan fingerprint density at radius 3 is 2.19 bits per heavy atom. The number of hydrogen-bond donors (Lipinski definition) is 0. The Hall–Kier alpha value is -3.38. The van der Waals surface area contributed by atoms with Crippen LogP contribution in [0.5, 0.6) is 5.75 Å². The largest absolute Gasteiger partial charge is 0.489 e. The molecular weight excluding hydrogens is 426 g/mol. The van der Waals surface area contributed by atoms with Gasteiger partial charge in [0.15, 0.2) is 0 Å². The van der Waals surface area contributed by atoms with Crippen LogP contribution < -0.4 is 4.74 Å². The Morgan fingerprint density at radius 2 is 1.53 bits per heavy atom. The topological polar surface area (TPSA) is 62.7 Å². The van der Waals surface area contributed by atoms with Crippen molar-refractivity contribution in [3.8, 4) is 5.75 Å². The lowest BCUT2D eigenvalue weighted by atomic mass is 10.1. The first-order chi connectivity index (χ1) is 15.6. The molecule has 7 heteroatoms. The van der Waals surface area contributed by atoms with Crippen LogP contribution in [0.1, 0.15) is 21.5 Å². The third kappa shape index (κ3) is 5.65. The molecule has 0 radical (unpaired) electrons. The molecule has 1 saturated heterocycles. The molecule has 164 valence electrons. The van der Waals surface area contributed by atoms with Crippen molar-refractivity contribution in [2.24, 2.45) is 0 Å². The maximum absolute atomic E-state index is 12.9. The molecule has 0 spiro atoms. The summed E-state index contributed by atoms with van der Waals surface area (Å²) in [5, 5.41) is 0.407. The minimum Gasteiger partial charge on any atom is -0.489 e.